The van der Waals surface area contributed by atoms with Crippen LogP contribution in [0.2, 0.25) is 0 Å². The quantitative estimate of drug-likeness (QED) is 0.550. The molecule has 16 heavy (non-hydrogen) atoms. The van der Waals surface area contributed by atoms with Gasteiger partial charge in [-0.1, -0.05) is 0 Å². The molecule has 1 heterocycles. The second-order valence-electron chi connectivity index (χ2n) is 3.35. The highest BCUT2D eigenvalue weighted by Crippen LogP contribution is 2.17. The Morgan fingerprint density at radius 1 is 1.38 bits per heavy atom. The average Bonchev–Trinajstić information content (AvgIpc) is 2.73. The van der Waals surface area contributed by atoms with E-state index in [2.05, 4.69) is 27.9 Å². The van der Waals surface area contributed by atoms with Crippen LogP contribution in [0.1, 0.15) is 10.4 Å². The summed E-state index contributed by atoms with van der Waals surface area (Å²) in [6.45, 7) is -1.56. The third-order valence-corrected chi connectivity index (χ3v) is 3.91. The van der Waals surface area contributed by atoms with Gasteiger partial charge in [0.2, 0.25) is 0 Å². The smallest absolute Gasteiger partial charge is 0.252 e. The van der Waals surface area contributed by atoms with E-state index < -0.39 is 31.3 Å². The number of carbonyl (C=O) groups is 1. The molecule has 90 valence electrons. The van der Waals surface area contributed by atoms with Crippen LogP contribution in [-0.2, 0) is 0 Å². The van der Waals surface area contributed by atoms with E-state index in [1.807, 2.05) is 0 Å². The van der Waals surface area contributed by atoms with Crippen molar-refractivity contribution in [2.24, 2.45) is 0 Å². The third kappa shape index (κ3) is 3.14. The Balaban J connectivity index is 2.76. The summed E-state index contributed by atoms with van der Waals surface area (Å²) in [6.07, 6.45) is 0. The summed E-state index contributed by atoms with van der Waals surface area (Å²) in [7, 11) is 0. The molecule has 0 aliphatic rings. The van der Waals surface area contributed by atoms with Crippen molar-refractivity contribution >= 4 is 39.8 Å². The molecule has 0 aliphatic heterocycles. The second kappa shape index (κ2) is 5.92. The van der Waals surface area contributed by atoms with Crippen LogP contribution in [0, 0.1) is 2.88 Å². The van der Waals surface area contributed by atoms with Crippen LogP contribution < -0.4 is 5.32 Å². The first-order valence-electron chi connectivity index (χ1n) is 4.46. The zero-order chi connectivity index (χ0) is 12.2. The number of hydrogen-bond donors (Lipinski definition) is 4. The summed E-state index contributed by atoms with van der Waals surface area (Å²) in [4.78, 5) is 11.7. The van der Waals surface area contributed by atoms with E-state index in [1.54, 1.807) is 11.4 Å². The molecular formula is C9H12INO4S. The fourth-order valence-electron chi connectivity index (χ4n) is 1.01. The summed E-state index contributed by atoms with van der Waals surface area (Å²) in [5, 5.41) is 31.2. The first-order chi connectivity index (χ1) is 7.56. The third-order valence-electron chi connectivity index (χ3n) is 2.12. The van der Waals surface area contributed by atoms with Gasteiger partial charge in [0.15, 0.2) is 0 Å². The van der Waals surface area contributed by atoms with Crippen LogP contribution in [0.25, 0.3) is 0 Å². The number of hydrogen-bond acceptors (Lipinski definition) is 5. The van der Waals surface area contributed by atoms with Crippen molar-refractivity contribution in [1.82, 2.24) is 5.32 Å². The Bertz CT molecular complexity index is 356. The van der Waals surface area contributed by atoms with Gasteiger partial charge in [0.05, 0.1) is 28.3 Å². The topological polar surface area (TPSA) is 89.8 Å². The normalized spacial score (nSPS) is 11.5. The molecule has 0 aromatic carbocycles. The molecule has 1 amide bonds. The largest absolute Gasteiger partial charge is 0.394 e. The zero-order valence-electron chi connectivity index (χ0n) is 8.31. The van der Waals surface area contributed by atoms with Gasteiger partial charge in [0, 0.05) is 5.38 Å². The maximum absolute atomic E-state index is 11.7. The van der Waals surface area contributed by atoms with Crippen molar-refractivity contribution in [1.29, 1.82) is 0 Å². The number of thiophene rings is 1. The van der Waals surface area contributed by atoms with Crippen molar-refractivity contribution < 1.29 is 20.1 Å². The Kier molecular flexibility index (Phi) is 5.12. The minimum absolute atomic E-state index is 0.420. The molecule has 1 rings (SSSR count). The van der Waals surface area contributed by atoms with Crippen molar-refractivity contribution in [3.05, 3.63) is 19.9 Å². The van der Waals surface area contributed by atoms with E-state index >= 15 is 0 Å². The van der Waals surface area contributed by atoms with E-state index in [1.165, 1.54) is 11.3 Å². The Labute approximate surface area is 110 Å². The SMILES string of the molecule is O=C(NC(CO)(CO)CO)c1csc(I)c1. The van der Waals surface area contributed by atoms with Gasteiger partial charge < -0.3 is 20.6 Å². The summed E-state index contributed by atoms with van der Waals surface area (Å²) in [5.41, 5.74) is -0.918. The molecule has 4 N–H and O–H groups in total. The fraction of sp³-hybridized carbons (Fsp3) is 0.444. The molecule has 0 atom stereocenters. The summed E-state index contributed by atoms with van der Waals surface area (Å²) in [6, 6.07) is 1.69. The minimum atomic E-state index is -1.37. The van der Waals surface area contributed by atoms with Crippen molar-refractivity contribution in [2.75, 3.05) is 19.8 Å². The van der Waals surface area contributed by atoms with Gasteiger partial charge in [0.25, 0.3) is 5.91 Å². The minimum Gasteiger partial charge on any atom is -0.394 e. The molecule has 0 spiro atoms. The van der Waals surface area contributed by atoms with Crippen LogP contribution >= 0.6 is 33.9 Å². The highest BCUT2D eigenvalue weighted by atomic mass is 127. The number of nitrogens with one attached hydrogen (secondary N) is 1. The molecule has 0 fully saturated rings. The standard InChI is InChI=1S/C9H12INO4S/c10-7-1-6(2-16-7)8(15)11-9(3-12,4-13)5-14/h1-2,12-14H,3-5H2,(H,11,15). The van der Waals surface area contributed by atoms with Gasteiger partial charge >= 0.3 is 0 Å². The molecule has 0 bridgehead atoms. The highest BCUT2D eigenvalue weighted by Gasteiger charge is 2.30. The number of aliphatic hydroxyl groups excluding tert-OH is 3. The van der Waals surface area contributed by atoms with Gasteiger partial charge in [-0.05, 0) is 28.7 Å². The van der Waals surface area contributed by atoms with Crippen molar-refractivity contribution in [3.8, 4) is 0 Å². The molecule has 0 aliphatic carbocycles. The Hall–Kier alpha value is -0.220. The van der Waals surface area contributed by atoms with E-state index in [0.29, 0.717) is 5.56 Å². The van der Waals surface area contributed by atoms with E-state index in [0.717, 1.165) is 2.88 Å². The van der Waals surface area contributed by atoms with Crippen LogP contribution in [0.5, 0.6) is 0 Å². The van der Waals surface area contributed by atoms with Crippen LogP contribution in [0.15, 0.2) is 11.4 Å². The predicted molar refractivity (Wildman–Crippen MR) is 68.5 cm³/mol. The number of rotatable bonds is 5. The lowest BCUT2D eigenvalue weighted by Crippen LogP contribution is -2.56. The maximum Gasteiger partial charge on any atom is 0.252 e. The van der Waals surface area contributed by atoms with Gasteiger partial charge in [0.1, 0.15) is 5.54 Å². The van der Waals surface area contributed by atoms with Gasteiger partial charge in [-0.2, -0.15) is 0 Å². The number of aliphatic hydroxyl groups is 3. The maximum atomic E-state index is 11.7. The summed E-state index contributed by atoms with van der Waals surface area (Å²) in [5.74, 6) is -0.420. The highest BCUT2D eigenvalue weighted by molar-refractivity contribution is 14.1. The van der Waals surface area contributed by atoms with Crippen LogP contribution in [0.4, 0.5) is 0 Å². The number of amides is 1. The lowest BCUT2D eigenvalue weighted by Gasteiger charge is -2.28. The molecular weight excluding hydrogens is 345 g/mol. The number of carbonyl (C=O) groups excluding carboxylic acids is 1. The lowest BCUT2D eigenvalue weighted by molar-refractivity contribution is 0.0375. The molecule has 5 nitrogen and oxygen atoms in total. The van der Waals surface area contributed by atoms with Gasteiger partial charge in [-0.3, -0.25) is 4.79 Å². The van der Waals surface area contributed by atoms with E-state index in [9.17, 15) is 4.79 Å². The van der Waals surface area contributed by atoms with E-state index in [-0.39, 0.29) is 0 Å². The monoisotopic (exact) mass is 357 g/mol. The van der Waals surface area contributed by atoms with Crippen LogP contribution in [0.3, 0.4) is 0 Å². The fourth-order valence-corrected chi connectivity index (χ4v) is 2.34. The van der Waals surface area contributed by atoms with Crippen molar-refractivity contribution in [2.45, 2.75) is 5.54 Å². The molecule has 0 radical (unpaired) electrons. The lowest BCUT2D eigenvalue weighted by atomic mass is 10.0. The summed E-state index contributed by atoms with van der Waals surface area (Å²) >= 11 is 3.51. The molecule has 0 unspecified atom stereocenters. The first kappa shape index (κ1) is 13.8. The van der Waals surface area contributed by atoms with E-state index in [4.69, 9.17) is 15.3 Å². The molecule has 1 aromatic heterocycles. The van der Waals surface area contributed by atoms with Crippen molar-refractivity contribution in [3.63, 3.8) is 0 Å². The van der Waals surface area contributed by atoms with Gasteiger partial charge in [-0.25, -0.2) is 0 Å². The predicted octanol–water partition coefficient (Wildman–Crippen LogP) is -0.202. The molecule has 1 aromatic rings. The number of halogens is 1. The summed E-state index contributed by atoms with van der Waals surface area (Å²) < 4.78 is 0.963. The Morgan fingerprint density at radius 2 is 1.94 bits per heavy atom. The van der Waals surface area contributed by atoms with Gasteiger partial charge in [-0.15, -0.1) is 11.3 Å². The van der Waals surface area contributed by atoms with Crippen LogP contribution in [-0.4, -0.2) is 46.6 Å². The molecule has 7 heteroatoms. The average molecular weight is 357 g/mol. The molecule has 0 saturated heterocycles. The first-order valence-corrected chi connectivity index (χ1v) is 6.42. The Morgan fingerprint density at radius 3 is 2.31 bits per heavy atom. The molecule has 0 saturated carbocycles. The second-order valence-corrected chi connectivity index (χ2v) is 6.15. The zero-order valence-corrected chi connectivity index (χ0v) is 11.3.